The Hall–Kier alpha value is -2.12. The molecule has 0 nitrogen and oxygen atoms in total. The predicted octanol–water partition coefficient (Wildman–Crippen LogP) is 9.07. The topological polar surface area (TPSA) is 0 Å². The zero-order chi connectivity index (χ0) is 22.8. The fraction of sp³-hybridized carbons (Fsp3) is 0.400. The fourth-order valence-corrected chi connectivity index (χ4v) is 9.81. The first-order valence-corrected chi connectivity index (χ1v) is 14.7. The van der Waals surface area contributed by atoms with Crippen LogP contribution in [0.25, 0.3) is 17.2 Å². The maximum atomic E-state index is 2.59. The Balaban J connectivity index is 1.79. The fourth-order valence-electron chi connectivity index (χ4n) is 5.76. The van der Waals surface area contributed by atoms with Crippen molar-refractivity contribution in [3.05, 3.63) is 88.0 Å². The van der Waals surface area contributed by atoms with Gasteiger partial charge in [-0.05, 0) is 59.0 Å². The molecule has 162 valence electrons. The van der Waals surface area contributed by atoms with Crippen LogP contribution < -0.4 is 0 Å². The van der Waals surface area contributed by atoms with E-state index >= 15 is 0 Å². The number of allylic oxidation sites excluding steroid dienone is 5. The van der Waals surface area contributed by atoms with Crippen LogP contribution in [0.1, 0.15) is 70.7 Å². The summed E-state index contributed by atoms with van der Waals surface area (Å²) in [5.41, 5.74) is 12.2. The minimum absolute atomic E-state index is 0.183. The second kappa shape index (κ2) is 7.20. The van der Waals surface area contributed by atoms with Gasteiger partial charge in [0.1, 0.15) is 0 Å². The Morgan fingerprint density at radius 2 is 1.42 bits per heavy atom. The molecule has 0 aromatic heterocycles. The number of fused-ring (bicyclic) bond motifs is 1. The third kappa shape index (κ3) is 3.51. The van der Waals surface area contributed by atoms with Gasteiger partial charge in [-0.25, -0.2) is 0 Å². The molecule has 0 bridgehead atoms. The molecule has 4 rings (SSSR count). The van der Waals surface area contributed by atoms with E-state index in [2.05, 4.69) is 122 Å². The molecule has 0 saturated carbocycles. The summed E-state index contributed by atoms with van der Waals surface area (Å²) in [4.78, 5) is 0. The van der Waals surface area contributed by atoms with Gasteiger partial charge in [-0.15, -0.1) is 0 Å². The molecular weight excluding hydrogens is 388 g/mol. The molecule has 0 aliphatic heterocycles. The van der Waals surface area contributed by atoms with E-state index in [9.17, 15) is 0 Å². The monoisotopic (exact) mass is 426 g/mol. The van der Waals surface area contributed by atoms with Gasteiger partial charge in [0.05, 0.1) is 8.07 Å². The molecule has 0 heterocycles. The van der Waals surface area contributed by atoms with Crippen molar-refractivity contribution in [2.24, 2.45) is 0 Å². The highest BCUT2D eigenvalue weighted by molar-refractivity contribution is 6.83. The SMILES string of the molecule is CC1=CC(C)([Si](C)(C)C2C(C)=Cc3c(-c4ccc(C(C)(C)C)cc4)cccc32)C=C1C. The smallest absolute Gasteiger partial charge is 0.0743 e. The minimum Gasteiger partial charge on any atom is -0.0743 e. The van der Waals surface area contributed by atoms with Gasteiger partial charge >= 0.3 is 0 Å². The summed E-state index contributed by atoms with van der Waals surface area (Å²) in [6, 6.07) is 16.2. The molecule has 31 heavy (non-hydrogen) atoms. The molecule has 2 aromatic carbocycles. The summed E-state index contributed by atoms with van der Waals surface area (Å²) in [6.45, 7) is 21.4. The van der Waals surface area contributed by atoms with E-state index in [1.165, 1.54) is 44.5 Å². The van der Waals surface area contributed by atoms with E-state index < -0.39 is 8.07 Å². The normalized spacial score (nSPS) is 20.3. The van der Waals surface area contributed by atoms with Crippen LogP contribution in [0.2, 0.25) is 18.1 Å². The van der Waals surface area contributed by atoms with E-state index in [-0.39, 0.29) is 10.5 Å². The lowest BCUT2D eigenvalue weighted by Gasteiger charge is -2.43. The zero-order valence-corrected chi connectivity index (χ0v) is 21.9. The Kier molecular flexibility index (Phi) is 5.13. The van der Waals surface area contributed by atoms with Gasteiger partial charge in [0.25, 0.3) is 0 Å². The third-order valence-corrected chi connectivity index (χ3v) is 13.4. The van der Waals surface area contributed by atoms with Gasteiger partial charge in [-0.2, -0.15) is 0 Å². The van der Waals surface area contributed by atoms with Crippen molar-refractivity contribution >= 4 is 14.1 Å². The first kappa shape index (κ1) is 22.1. The first-order valence-electron chi connectivity index (χ1n) is 11.7. The second-order valence-corrected chi connectivity index (χ2v) is 16.7. The lowest BCUT2D eigenvalue weighted by atomic mass is 9.86. The largest absolute Gasteiger partial charge is 0.0745 e. The molecule has 2 aromatic rings. The van der Waals surface area contributed by atoms with Gasteiger partial charge in [0.15, 0.2) is 0 Å². The predicted molar refractivity (Wildman–Crippen MR) is 140 cm³/mol. The van der Waals surface area contributed by atoms with E-state index in [0.29, 0.717) is 5.54 Å². The maximum absolute atomic E-state index is 2.59. The minimum atomic E-state index is -1.74. The molecule has 0 amide bonds. The molecular formula is C30H38Si. The average Bonchev–Trinajstić information content (AvgIpc) is 3.16. The van der Waals surface area contributed by atoms with Crippen LogP contribution in [0, 0.1) is 0 Å². The van der Waals surface area contributed by atoms with E-state index in [0.717, 1.165) is 0 Å². The lowest BCUT2D eigenvalue weighted by molar-refractivity contribution is 0.590. The highest BCUT2D eigenvalue weighted by Gasteiger charge is 2.50. The molecule has 1 unspecified atom stereocenters. The number of benzene rings is 2. The summed E-state index contributed by atoms with van der Waals surface area (Å²) >= 11 is 0. The summed E-state index contributed by atoms with van der Waals surface area (Å²) in [5.74, 6) is 0. The van der Waals surface area contributed by atoms with Crippen LogP contribution in [-0.4, -0.2) is 8.07 Å². The molecule has 0 spiro atoms. The van der Waals surface area contributed by atoms with Crippen molar-refractivity contribution in [3.63, 3.8) is 0 Å². The Labute approximate surface area is 190 Å². The van der Waals surface area contributed by atoms with E-state index in [1.54, 1.807) is 0 Å². The van der Waals surface area contributed by atoms with Crippen molar-refractivity contribution in [1.29, 1.82) is 0 Å². The van der Waals surface area contributed by atoms with Gasteiger partial charge in [0.2, 0.25) is 0 Å². The Morgan fingerprint density at radius 3 is 1.97 bits per heavy atom. The Morgan fingerprint density at radius 1 is 0.839 bits per heavy atom. The van der Waals surface area contributed by atoms with Crippen molar-refractivity contribution in [1.82, 2.24) is 0 Å². The molecule has 0 radical (unpaired) electrons. The van der Waals surface area contributed by atoms with Crippen LogP contribution in [-0.2, 0) is 5.41 Å². The highest BCUT2D eigenvalue weighted by atomic mass is 28.3. The molecule has 0 saturated heterocycles. The summed E-state index contributed by atoms with van der Waals surface area (Å²) in [5, 5.41) is 0.187. The van der Waals surface area contributed by atoms with Crippen LogP contribution in [0.5, 0.6) is 0 Å². The van der Waals surface area contributed by atoms with Gasteiger partial charge < -0.3 is 0 Å². The number of rotatable bonds is 3. The zero-order valence-electron chi connectivity index (χ0n) is 20.9. The Bertz CT molecular complexity index is 1100. The molecule has 2 aliphatic rings. The van der Waals surface area contributed by atoms with Crippen LogP contribution >= 0.6 is 0 Å². The molecule has 2 aliphatic carbocycles. The summed E-state index contributed by atoms with van der Waals surface area (Å²) in [6.07, 6.45) is 7.58. The van der Waals surface area contributed by atoms with Crippen LogP contribution in [0.3, 0.4) is 0 Å². The summed E-state index contributed by atoms with van der Waals surface area (Å²) < 4.78 is 0. The van der Waals surface area contributed by atoms with E-state index in [4.69, 9.17) is 0 Å². The number of hydrogen-bond donors (Lipinski definition) is 0. The summed E-state index contributed by atoms with van der Waals surface area (Å²) in [7, 11) is -1.74. The average molecular weight is 427 g/mol. The standard InChI is InChI=1S/C30H38Si/c1-20-17-27-25(23-13-15-24(16-14-23)29(4,5)6)11-10-12-26(27)28(20)31(8,9)30(7)18-21(2)22(3)19-30/h10-19,28H,1-9H3. The van der Waals surface area contributed by atoms with Gasteiger partial charge in [-0.3, -0.25) is 0 Å². The second-order valence-electron chi connectivity index (χ2n) is 11.6. The first-order chi connectivity index (χ1) is 14.3. The number of hydrogen-bond acceptors (Lipinski definition) is 0. The van der Waals surface area contributed by atoms with Gasteiger partial charge in [0, 0.05) is 5.54 Å². The van der Waals surface area contributed by atoms with Crippen molar-refractivity contribution in [3.8, 4) is 11.1 Å². The van der Waals surface area contributed by atoms with Crippen LogP contribution in [0.15, 0.2) is 71.3 Å². The van der Waals surface area contributed by atoms with E-state index in [1.807, 2.05) is 0 Å². The quantitative estimate of drug-likeness (QED) is 0.429. The molecule has 0 N–H and O–H groups in total. The molecule has 1 atom stereocenters. The maximum Gasteiger partial charge on any atom is 0.0745 e. The van der Waals surface area contributed by atoms with Crippen molar-refractivity contribution < 1.29 is 0 Å². The third-order valence-electron chi connectivity index (χ3n) is 8.10. The van der Waals surface area contributed by atoms with Crippen LogP contribution in [0.4, 0.5) is 0 Å². The molecule has 0 fully saturated rings. The lowest BCUT2D eigenvalue weighted by Crippen LogP contribution is -2.44. The van der Waals surface area contributed by atoms with Gasteiger partial charge in [-0.1, -0.05) is 118 Å². The molecule has 1 heteroatoms. The van der Waals surface area contributed by atoms with Crippen molar-refractivity contribution in [2.45, 2.75) is 77.6 Å². The van der Waals surface area contributed by atoms with Crippen molar-refractivity contribution in [2.75, 3.05) is 0 Å². The highest BCUT2D eigenvalue weighted by Crippen LogP contribution is 2.57.